The number of amides is 1. The molecular weight excluding hydrogens is 280 g/mol. The summed E-state index contributed by atoms with van der Waals surface area (Å²) in [5, 5.41) is 0. The molecule has 3 rings (SSSR count). The predicted octanol–water partition coefficient (Wildman–Crippen LogP) is 2.02. The van der Waals surface area contributed by atoms with Crippen LogP contribution in [0.2, 0.25) is 0 Å². The number of nitrogens with zero attached hydrogens (tertiary/aromatic N) is 2. The first-order valence-corrected chi connectivity index (χ1v) is 8.15. The topological polar surface area (TPSA) is 45.9 Å². The summed E-state index contributed by atoms with van der Waals surface area (Å²) in [6, 6.07) is 3.63. The molecule has 3 heterocycles. The molecule has 0 bridgehead atoms. The summed E-state index contributed by atoms with van der Waals surface area (Å²) in [4.78, 5) is 17.0. The van der Waals surface area contributed by atoms with E-state index in [1.165, 1.54) is 0 Å². The lowest BCUT2D eigenvalue weighted by Gasteiger charge is -2.30. The molecule has 5 nitrogen and oxygen atoms in total. The van der Waals surface area contributed by atoms with Crippen LogP contribution in [-0.2, 0) is 4.74 Å². The highest BCUT2D eigenvalue weighted by Crippen LogP contribution is 2.44. The highest BCUT2D eigenvalue weighted by Gasteiger charge is 2.51. The van der Waals surface area contributed by atoms with Gasteiger partial charge in [0.2, 0.25) is 0 Å². The van der Waals surface area contributed by atoms with Crippen molar-refractivity contribution in [3.63, 3.8) is 0 Å². The third-order valence-corrected chi connectivity index (χ3v) is 5.32. The summed E-state index contributed by atoms with van der Waals surface area (Å²) < 4.78 is 10.9. The van der Waals surface area contributed by atoms with Crippen LogP contribution in [0.3, 0.4) is 0 Å². The molecular formula is C17H26N2O3. The third-order valence-electron chi connectivity index (χ3n) is 5.32. The van der Waals surface area contributed by atoms with Gasteiger partial charge in [-0.3, -0.25) is 4.79 Å². The third kappa shape index (κ3) is 2.68. The van der Waals surface area contributed by atoms with Crippen LogP contribution >= 0.6 is 0 Å². The number of carbonyl (C=O) groups is 1. The molecule has 2 atom stereocenters. The van der Waals surface area contributed by atoms with Gasteiger partial charge in [0, 0.05) is 44.6 Å². The Morgan fingerprint density at radius 3 is 2.91 bits per heavy atom. The summed E-state index contributed by atoms with van der Waals surface area (Å²) in [7, 11) is 1.77. The number of methoxy groups -OCH3 is 1. The number of likely N-dealkylation sites (tertiary alicyclic amines) is 2. The summed E-state index contributed by atoms with van der Waals surface area (Å²) in [5.74, 6) is 1.78. The van der Waals surface area contributed by atoms with E-state index in [1.54, 1.807) is 13.2 Å². The van der Waals surface area contributed by atoms with Gasteiger partial charge in [0.1, 0.15) is 5.76 Å². The molecule has 1 aromatic heterocycles. The molecule has 0 unspecified atom stereocenters. The molecule has 1 aromatic rings. The molecule has 22 heavy (non-hydrogen) atoms. The van der Waals surface area contributed by atoms with Crippen molar-refractivity contribution in [2.24, 2.45) is 11.3 Å². The molecule has 0 N–H and O–H groups in total. The highest BCUT2D eigenvalue weighted by molar-refractivity contribution is 5.91. The van der Waals surface area contributed by atoms with Crippen LogP contribution in [0.4, 0.5) is 0 Å². The fourth-order valence-corrected chi connectivity index (χ4v) is 4.05. The monoisotopic (exact) mass is 306 g/mol. The number of aryl methyl sites for hydroxylation is 1. The zero-order chi connectivity index (χ0) is 15.7. The normalized spacial score (nSPS) is 28.9. The highest BCUT2D eigenvalue weighted by atomic mass is 16.5. The minimum Gasteiger partial charge on any atom is -0.456 e. The Bertz CT molecular complexity index is 542. The van der Waals surface area contributed by atoms with Crippen molar-refractivity contribution in [1.29, 1.82) is 0 Å². The first kappa shape index (κ1) is 15.6. The Morgan fingerprint density at radius 1 is 1.45 bits per heavy atom. The molecule has 0 aliphatic carbocycles. The standard InChI is InChI=1S/C17H26N2O3/c1-4-18-9-14(10-21-3)17(11-18)7-8-19(12-17)16(20)15-6-5-13(2)22-15/h5-6,14H,4,7-12H2,1-3H3/t14-,17+/m0/s1. The van der Waals surface area contributed by atoms with Crippen LogP contribution in [0.1, 0.15) is 29.7 Å². The van der Waals surface area contributed by atoms with Gasteiger partial charge in [0.05, 0.1) is 6.61 Å². The van der Waals surface area contributed by atoms with Gasteiger partial charge in [-0.25, -0.2) is 0 Å². The van der Waals surface area contributed by atoms with Gasteiger partial charge >= 0.3 is 0 Å². The van der Waals surface area contributed by atoms with E-state index in [9.17, 15) is 4.79 Å². The maximum atomic E-state index is 12.6. The lowest BCUT2D eigenvalue weighted by molar-refractivity contribution is 0.0687. The molecule has 5 heteroatoms. The second-order valence-electron chi connectivity index (χ2n) is 6.73. The van der Waals surface area contributed by atoms with E-state index < -0.39 is 0 Å². The Balaban J connectivity index is 1.73. The maximum Gasteiger partial charge on any atom is 0.289 e. The number of furan rings is 1. The van der Waals surface area contributed by atoms with E-state index in [4.69, 9.17) is 9.15 Å². The smallest absolute Gasteiger partial charge is 0.289 e. The van der Waals surface area contributed by atoms with Crippen molar-refractivity contribution < 1.29 is 13.9 Å². The van der Waals surface area contributed by atoms with Crippen molar-refractivity contribution in [1.82, 2.24) is 9.80 Å². The molecule has 0 aromatic carbocycles. The van der Waals surface area contributed by atoms with E-state index >= 15 is 0 Å². The van der Waals surface area contributed by atoms with Gasteiger partial charge < -0.3 is 19.0 Å². The van der Waals surface area contributed by atoms with Crippen LogP contribution in [0.25, 0.3) is 0 Å². The predicted molar refractivity (Wildman–Crippen MR) is 83.9 cm³/mol. The fourth-order valence-electron chi connectivity index (χ4n) is 4.05. The Hall–Kier alpha value is -1.33. The molecule has 2 aliphatic heterocycles. The average Bonchev–Trinajstić information content (AvgIpc) is 3.20. The lowest BCUT2D eigenvalue weighted by Crippen LogP contribution is -2.38. The van der Waals surface area contributed by atoms with Crippen molar-refractivity contribution in [3.8, 4) is 0 Å². The number of carbonyl (C=O) groups excluding carboxylic acids is 1. The second kappa shape index (κ2) is 6.05. The SMILES string of the molecule is CCN1C[C@@H](COC)[C@]2(CCN(C(=O)c3ccc(C)o3)C2)C1. The quantitative estimate of drug-likeness (QED) is 0.854. The minimum atomic E-state index is 0.0242. The zero-order valence-corrected chi connectivity index (χ0v) is 13.8. The summed E-state index contributed by atoms with van der Waals surface area (Å²) in [6.45, 7) is 9.68. The number of rotatable bonds is 4. The molecule has 2 aliphatic rings. The molecule has 0 saturated carbocycles. The first-order chi connectivity index (χ1) is 10.6. The van der Waals surface area contributed by atoms with Crippen molar-refractivity contribution in [3.05, 3.63) is 23.7 Å². The largest absolute Gasteiger partial charge is 0.456 e. The van der Waals surface area contributed by atoms with Gasteiger partial charge in [-0.2, -0.15) is 0 Å². The Kier molecular flexibility index (Phi) is 4.28. The Morgan fingerprint density at radius 2 is 2.27 bits per heavy atom. The fraction of sp³-hybridized carbons (Fsp3) is 0.706. The molecule has 0 radical (unpaired) electrons. The van der Waals surface area contributed by atoms with Gasteiger partial charge in [-0.05, 0) is 32.0 Å². The van der Waals surface area contributed by atoms with E-state index in [0.29, 0.717) is 11.7 Å². The number of hydrogen-bond donors (Lipinski definition) is 0. The summed E-state index contributed by atoms with van der Waals surface area (Å²) >= 11 is 0. The van der Waals surface area contributed by atoms with E-state index in [-0.39, 0.29) is 11.3 Å². The molecule has 2 fully saturated rings. The Labute approximate surface area is 132 Å². The van der Waals surface area contributed by atoms with Crippen LogP contribution in [-0.4, -0.2) is 62.1 Å². The van der Waals surface area contributed by atoms with Crippen molar-refractivity contribution >= 4 is 5.91 Å². The summed E-state index contributed by atoms with van der Waals surface area (Å²) in [6.07, 6.45) is 1.06. The molecule has 1 spiro atoms. The maximum absolute atomic E-state index is 12.6. The number of ether oxygens (including phenoxy) is 1. The second-order valence-corrected chi connectivity index (χ2v) is 6.73. The molecule has 2 saturated heterocycles. The van der Waals surface area contributed by atoms with Gasteiger partial charge in [0.15, 0.2) is 5.76 Å². The average molecular weight is 306 g/mol. The molecule has 1 amide bonds. The van der Waals surface area contributed by atoms with E-state index in [1.807, 2.05) is 17.9 Å². The lowest BCUT2D eigenvalue weighted by atomic mass is 9.77. The van der Waals surface area contributed by atoms with Gasteiger partial charge in [0.25, 0.3) is 5.91 Å². The van der Waals surface area contributed by atoms with Crippen LogP contribution in [0.5, 0.6) is 0 Å². The summed E-state index contributed by atoms with van der Waals surface area (Å²) in [5.41, 5.74) is 0.184. The zero-order valence-electron chi connectivity index (χ0n) is 13.8. The number of hydrogen-bond acceptors (Lipinski definition) is 4. The van der Waals surface area contributed by atoms with Crippen LogP contribution in [0.15, 0.2) is 16.5 Å². The first-order valence-electron chi connectivity index (χ1n) is 8.15. The van der Waals surface area contributed by atoms with Crippen molar-refractivity contribution in [2.45, 2.75) is 20.3 Å². The van der Waals surface area contributed by atoms with E-state index in [2.05, 4.69) is 11.8 Å². The minimum absolute atomic E-state index is 0.0242. The van der Waals surface area contributed by atoms with Gasteiger partial charge in [-0.1, -0.05) is 6.92 Å². The van der Waals surface area contributed by atoms with E-state index in [0.717, 1.165) is 51.5 Å². The van der Waals surface area contributed by atoms with Crippen LogP contribution in [0, 0.1) is 18.3 Å². The van der Waals surface area contributed by atoms with Crippen molar-refractivity contribution in [2.75, 3.05) is 46.4 Å². The molecule has 122 valence electrons. The van der Waals surface area contributed by atoms with Gasteiger partial charge in [-0.15, -0.1) is 0 Å². The van der Waals surface area contributed by atoms with Crippen LogP contribution < -0.4 is 0 Å².